The van der Waals surface area contributed by atoms with Crippen molar-refractivity contribution in [1.29, 1.82) is 5.26 Å². The highest BCUT2D eigenvalue weighted by molar-refractivity contribution is 5.90. The molecule has 0 spiro atoms. The van der Waals surface area contributed by atoms with Gasteiger partial charge in [0.1, 0.15) is 11.6 Å². The minimum atomic E-state index is 0.677. The first-order valence-electron chi connectivity index (χ1n) is 5.88. The molecule has 2 aromatic heterocycles. The molecule has 88 valence electrons. The largest absolute Gasteiger partial charge is 0.325 e. The van der Waals surface area contributed by atoms with E-state index in [1.54, 1.807) is 10.9 Å². The Bertz CT molecular complexity index is 729. The maximum atomic E-state index is 9.42. The highest BCUT2D eigenvalue weighted by atomic mass is 15.3. The predicted octanol–water partition coefficient (Wildman–Crippen LogP) is 2.72. The highest BCUT2D eigenvalue weighted by Gasteiger charge is 2.17. The maximum absolute atomic E-state index is 9.42. The summed E-state index contributed by atoms with van der Waals surface area (Å²) in [5.41, 5.74) is 1.75. The number of benzene rings is 1. The molecule has 3 aromatic rings. The van der Waals surface area contributed by atoms with Crippen molar-refractivity contribution < 1.29 is 0 Å². The van der Waals surface area contributed by atoms with Gasteiger partial charge in [-0.15, -0.1) is 0 Å². The molecule has 3 rings (SSSR count). The van der Waals surface area contributed by atoms with E-state index in [1.165, 1.54) is 0 Å². The summed E-state index contributed by atoms with van der Waals surface area (Å²) < 4.78 is 3.86. The van der Waals surface area contributed by atoms with Crippen LogP contribution in [0.1, 0.15) is 12.5 Å². The van der Waals surface area contributed by atoms with E-state index in [0.717, 1.165) is 23.3 Å². The van der Waals surface area contributed by atoms with Crippen LogP contribution >= 0.6 is 0 Å². The molecule has 0 amide bonds. The number of rotatable bonds is 2. The Morgan fingerprint density at radius 2 is 2.11 bits per heavy atom. The predicted molar refractivity (Wildman–Crippen MR) is 69.4 cm³/mol. The van der Waals surface area contributed by atoms with Crippen molar-refractivity contribution in [2.45, 2.75) is 13.5 Å². The molecule has 0 aliphatic rings. The summed E-state index contributed by atoms with van der Waals surface area (Å²) in [6.45, 7) is 2.87. The van der Waals surface area contributed by atoms with E-state index in [0.29, 0.717) is 5.56 Å². The number of aryl methyl sites for hydroxylation is 1. The maximum Gasteiger partial charge on any atom is 0.153 e. The molecule has 0 fully saturated rings. The number of fused-ring (bicyclic) bond motifs is 1. The van der Waals surface area contributed by atoms with Crippen molar-refractivity contribution >= 4 is 10.9 Å². The molecule has 0 saturated carbocycles. The average molecular weight is 236 g/mol. The molecule has 0 radical (unpaired) electrons. The molecule has 1 aromatic carbocycles. The van der Waals surface area contributed by atoms with Crippen LogP contribution in [0.2, 0.25) is 0 Å². The van der Waals surface area contributed by atoms with Crippen LogP contribution in [0.5, 0.6) is 0 Å². The first-order chi connectivity index (χ1) is 8.86. The van der Waals surface area contributed by atoms with Gasteiger partial charge in [-0.05, 0) is 19.1 Å². The van der Waals surface area contributed by atoms with E-state index in [2.05, 4.69) is 22.7 Å². The van der Waals surface area contributed by atoms with Crippen molar-refractivity contribution in [3.63, 3.8) is 0 Å². The van der Waals surface area contributed by atoms with Crippen LogP contribution in [0.25, 0.3) is 16.7 Å². The molecule has 0 unspecified atom stereocenters. The summed E-state index contributed by atoms with van der Waals surface area (Å²) >= 11 is 0. The Labute approximate surface area is 105 Å². The molecule has 0 bridgehead atoms. The first-order valence-corrected chi connectivity index (χ1v) is 5.88. The molecule has 4 heteroatoms. The van der Waals surface area contributed by atoms with Gasteiger partial charge in [0.15, 0.2) is 5.82 Å². The summed E-state index contributed by atoms with van der Waals surface area (Å²) in [6, 6.07) is 12.1. The smallest absolute Gasteiger partial charge is 0.153 e. The second-order valence-corrected chi connectivity index (χ2v) is 4.02. The summed E-state index contributed by atoms with van der Waals surface area (Å²) in [5, 5.41) is 14.6. The van der Waals surface area contributed by atoms with Gasteiger partial charge in [-0.25, -0.2) is 4.68 Å². The van der Waals surface area contributed by atoms with Crippen LogP contribution < -0.4 is 0 Å². The average Bonchev–Trinajstić information content (AvgIpc) is 3.03. The van der Waals surface area contributed by atoms with Gasteiger partial charge in [0.25, 0.3) is 0 Å². The Morgan fingerprint density at radius 1 is 1.28 bits per heavy atom. The third-order valence-corrected chi connectivity index (χ3v) is 3.09. The zero-order valence-corrected chi connectivity index (χ0v) is 10.0. The highest BCUT2D eigenvalue weighted by Crippen LogP contribution is 2.27. The third-order valence-electron chi connectivity index (χ3n) is 3.09. The Balaban J connectivity index is 2.46. The van der Waals surface area contributed by atoms with Crippen LogP contribution in [-0.2, 0) is 6.54 Å². The van der Waals surface area contributed by atoms with Crippen molar-refractivity contribution in [1.82, 2.24) is 14.3 Å². The Kier molecular flexibility index (Phi) is 2.38. The lowest BCUT2D eigenvalue weighted by molar-refractivity contribution is 0.719. The van der Waals surface area contributed by atoms with Gasteiger partial charge in [-0.2, -0.15) is 10.4 Å². The van der Waals surface area contributed by atoms with Crippen LogP contribution in [0, 0.1) is 11.3 Å². The fourth-order valence-corrected chi connectivity index (χ4v) is 2.35. The molecule has 0 atom stereocenters. The number of aromatic nitrogens is 3. The van der Waals surface area contributed by atoms with E-state index in [4.69, 9.17) is 0 Å². The zero-order chi connectivity index (χ0) is 12.5. The molecule has 0 aliphatic heterocycles. The quantitative estimate of drug-likeness (QED) is 0.686. The lowest BCUT2D eigenvalue weighted by atomic mass is 10.2. The molecule has 0 N–H and O–H groups in total. The number of nitrogens with zero attached hydrogens (tertiary/aromatic N) is 4. The molecule has 4 nitrogen and oxygen atoms in total. The summed E-state index contributed by atoms with van der Waals surface area (Å²) in [7, 11) is 0. The van der Waals surface area contributed by atoms with E-state index >= 15 is 0 Å². The number of hydrogen-bond donors (Lipinski definition) is 0. The Hall–Kier alpha value is -2.54. The molecular formula is C14H12N4. The molecule has 0 saturated heterocycles. The zero-order valence-electron chi connectivity index (χ0n) is 10.0. The lowest BCUT2D eigenvalue weighted by Crippen LogP contribution is -2.06. The minimum absolute atomic E-state index is 0.677. The van der Waals surface area contributed by atoms with Crippen molar-refractivity contribution in [3.8, 4) is 11.9 Å². The van der Waals surface area contributed by atoms with Crippen LogP contribution in [0.15, 0.2) is 42.7 Å². The summed E-state index contributed by atoms with van der Waals surface area (Å²) in [5.74, 6) is 0.839. The molecular weight excluding hydrogens is 224 g/mol. The molecule has 0 aliphatic carbocycles. The van der Waals surface area contributed by atoms with Crippen LogP contribution in [-0.4, -0.2) is 14.3 Å². The fraction of sp³-hybridized carbons (Fsp3) is 0.143. The second kappa shape index (κ2) is 4.04. The number of hydrogen-bond acceptors (Lipinski definition) is 2. The normalized spacial score (nSPS) is 10.7. The fourth-order valence-electron chi connectivity index (χ4n) is 2.35. The first kappa shape index (κ1) is 10.6. The van der Waals surface area contributed by atoms with Gasteiger partial charge in [-0.1, -0.05) is 18.2 Å². The van der Waals surface area contributed by atoms with Gasteiger partial charge in [0, 0.05) is 24.3 Å². The van der Waals surface area contributed by atoms with Crippen LogP contribution in [0.4, 0.5) is 0 Å². The van der Waals surface area contributed by atoms with Crippen molar-refractivity contribution in [3.05, 3.63) is 48.3 Å². The van der Waals surface area contributed by atoms with E-state index < -0.39 is 0 Å². The minimum Gasteiger partial charge on any atom is -0.325 e. The van der Waals surface area contributed by atoms with E-state index in [-0.39, 0.29) is 0 Å². The molecule has 18 heavy (non-hydrogen) atoms. The standard InChI is InChI=1S/C14H12N4/c1-2-17-13-7-4-3-6-11(13)12(10-15)14(17)18-9-5-8-16-18/h3-9H,2H2,1H3. The van der Waals surface area contributed by atoms with E-state index in [1.807, 2.05) is 36.5 Å². The SMILES string of the molecule is CCn1c(-n2cccn2)c(C#N)c2ccccc21. The van der Waals surface area contributed by atoms with Gasteiger partial charge >= 0.3 is 0 Å². The van der Waals surface area contributed by atoms with E-state index in [9.17, 15) is 5.26 Å². The Morgan fingerprint density at radius 3 is 2.78 bits per heavy atom. The topological polar surface area (TPSA) is 46.5 Å². The van der Waals surface area contributed by atoms with Gasteiger partial charge in [0.2, 0.25) is 0 Å². The van der Waals surface area contributed by atoms with Gasteiger partial charge < -0.3 is 4.57 Å². The van der Waals surface area contributed by atoms with Crippen molar-refractivity contribution in [2.75, 3.05) is 0 Å². The summed E-state index contributed by atoms with van der Waals surface area (Å²) in [4.78, 5) is 0. The van der Waals surface area contributed by atoms with Gasteiger partial charge in [0.05, 0.1) is 5.52 Å². The number of nitriles is 1. The monoisotopic (exact) mass is 236 g/mol. The second-order valence-electron chi connectivity index (χ2n) is 4.02. The lowest BCUT2D eigenvalue weighted by Gasteiger charge is -2.07. The van der Waals surface area contributed by atoms with Crippen LogP contribution in [0.3, 0.4) is 0 Å². The molecule has 2 heterocycles. The summed E-state index contributed by atoms with van der Waals surface area (Å²) in [6.07, 6.45) is 3.58. The number of para-hydroxylation sites is 1. The van der Waals surface area contributed by atoms with Gasteiger partial charge in [-0.3, -0.25) is 0 Å². The van der Waals surface area contributed by atoms with Crippen molar-refractivity contribution in [2.24, 2.45) is 0 Å². The third kappa shape index (κ3) is 1.34.